The molecule has 0 bridgehead atoms. The fourth-order valence-corrected chi connectivity index (χ4v) is 0.524. The molecule has 10 heavy (non-hydrogen) atoms. The highest BCUT2D eigenvalue weighted by molar-refractivity contribution is 7.39. The van der Waals surface area contributed by atoms with Gasteiger partial charge in [0.15, 0.2) is 0 Å². The highest BCUT2D eigenvalue weighted by Gasteiger charge is 2.00. The molecule has 66 valence electrons. The predicted molar refractivity (Wildman–Crippen MR) is 39.0 cm³/mol. The van der Waals surface area contributed by atoms with E-state index in [4.69, 9.17) is 14.9 Å². The molecule has 0 aliphatic carbocycles. The Kier molecular flexibility index (Phi) is 15.3. The summed E-state index contributed by atoms with van der Waals surface area (Å²) in [5, 5.41) is 8.46. The lowest BCUT2D eigenvalue weighted by Gasteiger charge is -2.04. The molecule has 1 unspecified atom stereocenters. The van der Waals surface area contributed by atoms with E-state index in [1.807, 2.05) is 0 Å². The maximum atomic E-state index is 8.46. The van der Waals surface area contributed by atoms with E-state index in [-0.39, 0.29) is 18.9 Å². The summed E-state index contributed by atoms with van der Waals surface area (Å²) in [7, 11) is -2.29. The van der Waals surface area contributed by atoms with Crippen LogP contribution in [0.15, 0.2) is 0 Å². The van der Waals surface area contributed by atoms with E-state index >= 15 is 0 Å². The Morgan fingerprint density at radius 3 is 1.90 bits per heavy atom. The molecule has 0 aliphatic heterocycles. The van der Waals surface area contributed by atoms with Gasteiger partial charge < -0.3 is 31.7 Å². The van der Waals surface area contributed by atoms with Crippen LogP contribution in [0, 0.1) is 0 Å². The third-order valence-electron chi connectivity index (χ3n) is 0.431. The second-order valence-corrected chi connectivity index (χ2v) is 2.16. The van der Waals surface area contributed by atoms with Gasteiger partial charge in [0.25, 0.3) is 0 Å². The van der Waals surface area contributed by atoms with Crippen molar-refractivity contribution < 1.29 is 19.4 Å². The van der Waals surface area contributed by atoms with E-state index in [2.05, 4.69) is 4.52 Å². The van der Waals surface area contributed by atoms with Crippen molar-refractivity contribution in [1.29, 1.82) is 0 Å². The lowest BCUT2D eigenvalue weighted by atomic mass is 10.5. The summed E-state index contributed by atoms with van der Waals surface area (Å²) >= 11 is 0. The van der Waals surface area contributed by atoms with E-state index in [0.29, 0.717) is 0 Å². The predicted octanol–water partition coefficient (Wildman–Crippen LogP) is -0.0807. The molecular weight excluding hydrogens is 159 g/mol. The van der Waals surface area contributed by atoms with E-state index in [1.165, 1.54) is 6.92 Å². The van der Waals surface area contributed by atoms with E-state index < -0.39 is 14.7 Å². The van der Waals surface area contributed by atoms with Gasteiger partial charge in [-0.1, -0.05) is 0 Å². The van der Waals surface area contributed by atoms with Crippen LogP contribution in [-0.2, 0) is 4.52 Å². The smallest absolute Gasteiger partial charge is 0.327 e. The normalized spacial score (nSPS) is 11.7. The van der Waals surface area contributed by atoms with E-state index in [1.54, 1.807) is 0 Å². The lowest BCUT2D eigenvalue weighted by Crippen LogP contribution is -2.07. The average molecular weight is 174 g/mol. The highest BCUT2D eigenvalue weighted by atomic mass is 31.2. The molecule has 0 aromatic heterocycles. The van der Waals surface area contributed by atoms with Gasteiger partial charge in [-0.3, -0.25) is 0 Å². The zero-order chi connectivity index (χ0) is 6.57. The van der Waals surface area contributed by atoms with Crippen LogP contribution in [0.4, 0.5) is 0 Å². The third kappa shape index (κ3) is 15.7. The van der Waals surface area contributed by atoms with Gasteiger partial charge in [0.2, 0.25) is 0 Å². The van der Waals surface area contributed by atoms with Gasteiger partial charge in [-0.2, -0.15) is 0 Å². The maximum Gasteiger partial charge on any atom is 0.327 e. The fraction of sp³-hybridized carbons (Fsp3) is 1.00. The molecule has 0 saturated carbocycles. The highest BCUT2D eigenvalue weighted by Crippen LogP contribution is 2.23. The van der Waals surface area contributed by atoms with Crippen molar-refractivity contribution in [2.45, 2.75) is 13.0 Å². The number of hydrogen-bond acceptors (Lipinski definition) is 6. The first-order valence-corrected chi connectivity index (χ1v) is 3.28. The Bertz CT molecular complexity index is 54.5. The van der Waals surface area contributed by atoms with Crippen molar-refractivity contribution in [1.82, 2.24) is 12.3 Å². The minimum atomic E-state index is -2.29. The third-order valence-corrected chi connectivity index (χ3v) is 0.811. The van der Waals surface area contributed by atoms with Crippen molar-refractivity contribution in [2.24, 2.45) is 0 Å². The van der Waals surface area contributed by atoms with Crippen LogP contribution < -0.4 is 12.3 Å². The first-order chi connectivity index (χ1) is 3.63. The Hall–Kier alpha value is 0.190. The molecule has 0 amide bonds. The van der Waals surface area contributed by atoms with Crippen LogP contribution in [0.2, 0.25) is 0 Å². The van der Waals surface area contributed by atoms with Crippen LogP contribution in [0.1, 0.15) is 6.92 Å². The molecule has 6 nitrogen and oxygen atoms in total. The number of aliphatic hydroxyl groups excluding tert-OH is 1. The van der Waals surface area contributed by atoms with Crippen molar-refractivity contribution in [3.63, 3.8) is 0 Å². The summed E-state index contributed by atoms with van der Waals surface area (Å²) in [6, 6.07) is 0. The Morgan fingerprint density at radius 1 is 1.40 bits per heavy atom. The number of aliphatic hydroxyl groups is 1. The molecule has 9 N–H and O–H groups in total. The van der Waals surface area contributed by atoms with Crippen LogP contribution in [0.25, 0.3) is 0 Å². The zero-order valence-electron chi connectivity index (χ0n) is 5.90. The average Bonchev–Trinajstić information content (AvgIpc) is 1.61. The first-order valence-electron chi connectivity index (χ1n) is 2.12. The second kappa shape index (κ2) is 9.19. The fourth-order valence-electron chi connectivity index (χ4n) is 0.175. The zero-order valence-corrected chi connectivity index (χ0v) is 6.79. The number of rotatable bonds is 3. The molecule has 0 saturated heterocycles. The minimum Gasteiger partial charge on any atom is -0.391 e. The van der Waals surface area contributed by atoms with Gasteiger partial charge in [-0.15, -0.1) is 0 Å². The van der Waals surface area contributed by atoms with Gasteiger partial charge in [0, 0.05) is 0 Å². The molecule has 0 heterocycles. The lowest BCUT2D eigenvalue weighted by molar-refractivity contribution is 0.113. The largest absolute Gasteiger partial charge is 0.391 e. The summed E-state index contributed by atoms with van der Waals surface area (Å²) in [4.78, 5) is 16.2. The molecule has 0 rings (SSSR count). The first kappa shape index (κ1) is 16.6. The maximum absolute atomic E-state index is 8.46. The molecular formula is C3H15N2O4P. The van der Waals surface area contributed by atoms with Crippen LogP contribution in [0.3, 0.4) is 0 Å². The molecule has 0 aromatic carbocycles. The summed E-state index contributed by atoms with van der Waals surface area (Å²) < 4.78 is 4.23. The Balaban J connectivity index is -0.000000245. The van der Waals surface area contributed by atoms with E-state index in [0.717, 1.165) is 0 Å². The van der Waals surface area contributed by atoms with Crippen molar-refractivity contribution in [3.8, 4) is 0 Å². The molecule has 7 heteroatoms. The molecule has 0 spiro atoms. The van der Waals surface area contributed by atoms with Gasteiger partial charge in [-0.25, -0.2) is 0 Å². The molecule has 0 aromatic rings. The van der Waals surface area contributed by atoms with Crippen molar-refractivity contribution in [3.05, 3.63) is 0 Å². The quantitative estimate of drug-likeness (QED) is 0.379. The van der Waals surface area contributed by atoms with Crippen LogP contribution >= 0.6 is 8.60 Å². The van der Waals surface area contributed by atoms with Crippen LogP contribution in [0.5, 0.6) is 0 Å². The van der Waals surface area contributed by atoms with Gasteiger partial charge in [-0.05, 0) is 6.92 Å². The molecule has 1 atom stereocenters. The van der Waals surface area contributed by atoms with Gasteiger partial charge in [0.1, 0.15) is 0 Å². The summed E-state index contributed by atoms with van der Waals surface area (Å²) in [6.07, 6.45) is -0.640. The summed E-state index contributed by atoms with van der Waals surface area (Å²) in [5.41, 5.74) is 0. The molecule has 0 radical (unpaired) electrons. The Labute approximate surface area is 61.0 Å². The monoisotopic (exact) mass is 174 g/mol. The van der Waals surface area contributed by atoms with Crippen LogP contribution in [-0.4, -0.2) is 27.6 Å². The topological polar surface area (TPSA) is 140 Å². The number of hydrogen-bond donors (Lipinski definition) is 5. The summed E-state index contributed by atoms with van der Waals surface area (Å²) in [5.74, 6) is 0. The Morgan fingerprint density at radius 2 is 1.80 bits per heavy atom. The molecule has 0 aliphatic rings. The molecule has 0 fully saturated rings. The second-order valence-electron chi connectivity index (χ2n) is 1.40. The SMILES string of the molecule is CC(O)COP(O)O.N.N. The van der Waals surface area contributed by atoms with E-state index in [9.17, 15) is 0 Å². The van der Waals surface area contributed by atoms with Gasteiger partial charge in [0.05, 0.1) is 12.7 Å². The van der Waals surface area contributed by atoms with Crippen molar-refractivity contribution in [2.75, 3.05) is 6.61 Å². The standard InChI is InChI=1S/C3H9O4P.2H3N/c1-3(4)2-7-8(5)6;;/h3-6H,2H2,1H3;2*1H3. The van der Waals surface area contributed by atoms with Gasteiger partial charge >= 0.3 is 8.60 Å². The summed E-state index contributed by atoms with van der Waals surface area (Å²) in [6.45, 7) is 1.47. The van der Waals surface area contributed by atoms with Crippen molar-refractivity contribution >= 4 is 8.60 Å². The minimum absolute atomic E-state index is 0.